The van der Waals surface area contributed by atoms with Crippen LogP contribution in [0.2, 0.25) is 0 Å². The molecule has 0 bridgehead atoms. The largest absolute Gasteiger partial charge is 0.310 e. The summed E-state index contributed by atoms with van der Waals surface area (Å²) < 4.78 is 2.87. The van der Waals surface area contributed by atoms with Crippen LogP contribution in [0.15, 0.2) is 4.47 Å². The van der Waals surface area contributed by atoms with Crippen molar-refractivity contribution in [3.63, 3.8) is 0 Å². The maximum absolute atomic E-state index is 4.46. The molecule has 0 aromatic carbocycles. The van der Waals surface area contributed by atoms with Crippen molar-refractivity contribution in [2.24, 2.45) is 5.92 Å². The van der Waals surface area contributed by atoms with Crippen LogP contribution < -0.4 is 5.32 Å². The molecule has 0 unspecified atom stereocenters. The van der Waals surface area contributed by atoms with Crippen molar-refractivity contribution in [3.8, 4) is 5.13 Å². The number of rotatable bonds is 5. The van der Waals surface area contributed by atoms with E-state index in [1.165, 1.54) is 0 Å². The van der Waals surface area contributed by atoms with Gasteiger partial charge in [-0.1, -0.05) is 25.2 Å². The van der Waals surface area contributed by atoms with E-state index in [1.54, 1.807) is 11.3 Å². The zero-order chi connectivity index (χ0) is 14.0. The van der Waals surface area contributed by atoms with Gasteiger partial charge < -0.3 is 5.32 Å². The molecule has 0 spiro atoms. The molecule has 0 aliphatic heterocycles. The Labute approximate surface area is 125 Å². The SMILES string of the molecule is Cc1nn(-c2nnc(CNCC(C)C)s2)c(C)c1Br. The molecule has 2 aromatic heterocycles. The van der Waals surface area contributed by atoms with E-state index in [-0.39, 0.29) is 0 Å². The van der Waals surface area contributed by atoms with Gasteiger partial charge in [0.1, 0.15) is 5.01 Å². The molecule has 7 heteroatoms. The molecule has 0 saturated heterocycles. The second kappa shape index (κ2) is 6.11. The molecular formula is C12H18BrN5S. The molecule has 0 radical (unpaired) electrons. The first-order valence-electron chi connectivity index (χ1n) is 6.24. The Morgan fingerprint density at radius 1 is 1.32 bits per heavy atom. The molecule has 2 aromatic rings. The number of hydrogen-bond acceptors (Lipinski definition) is 5. The predicted octanol–water partition coefficient (Wildman–Crippen LogP) is 2.85. The first kappa shape index (κ1) is 14.6. The first-order chi connectivity index (χ1) is 8.99. The second-order valence-electron chi connectivity index (χ2n) is 4.90. The molecule has 19 heavy (non-hydrogen) atoms. The van der Waals surface area contributed by atoms with Gasteiger partial charge in [0.2, 0.25) is 5.13 Å². The van der Waals surface area contributed by atoms with Gasteiger partial charge in [0, 0.05) is 6.54 Å². The predicted molar refractivity (Wildman–Crippen MR) is 80.7 cm³/mol. The van der Waals surface area contributed by atoms with E-state index >= 15 is 0 Å². The summed E-state index contributed by atoms with van der Waals surface area (Å²) in [5.41, 5.74) is 2.02. The number of halogens is 1. The molecule has 0 saturated carbocycles. The van der Waals surface area contributed by atoms with Crippen molar-refractivity contribution >= 4 is 27.3 Å². The Hall–Kier alpha value is -0.790. The number of nitrogens with one attached hydrogen (secondary N) is 1. The van der Waals surface area contributed by atoms with E-state index in [4.69, 9.17) is 0 Å². The first-order valence-corrected chi connectivity index (χ1v) is 7.85. The summed E-state index contributed by atoms with van der Waals surface area (Å²) in [7, 11) is 0. The minimum Gasteiger partial charge on any atom is -0.310 e. The van der Waals surface area contributed by atoms with Gasteiger partial charge in [-0.25, -0.2) is 4.68 Å². The van der Waals surface area contributed by atoms with Crippen molar-refractivity contribution in [1.82, 2.24) is 25.3 Å². The summed E-state index contributed by atoms with van der Waals surface area (Å²) >= 11 is 5.09. The monoisotopic (exact) mass is 343 g/mol. The Morgan fingerprint density at radius 2 is 2.05 bits per heavy atom. The Morgan fingerprint density at radius 3 is 2.63 bits per heavy atom. The molecule has 0 aliphatic rings. The van der Waals surface area contributed by atoms with E-state index in [2.05, 4.69) is 50.4 Å². The molecular weight excluding hydrogens is 326 g/mol. The molecule has 2 heterocycles. The molecule has 2 rings (SSSR count). The molecule has 0 amide bonds. The van der Waals surface area contributed by atoms with Crippen LogP contribution >= 0.6 is 27.3 Å². The van der Waals surface area contributed by atoms with E-state index in [1.807, 2.05) is 18.5 Å². The van der Waals surface area contributed by atoms with E-state index in [9.17, 15) is 0 Å². The summed E-state index contributed by atoms with van der Waals surface area (Å²) in [5.74, 6) is 0.638. The average molecular weight is 344 g/mol. The van der Waals surface area contributed by atoms with Crippen LogP contribution in [-0.2, 0) is 6.54 Å². The third-order valence-electron chi connectivity index (χ3n) is 2.67. The Bertz CT molecular complexity index is 560. The number of aryl methyl sites for hydroxylation is 1. The third-order valence-corrected chi connectivity index (χ3v) is 4.72. The van der Waals surface area contributed by atoms with Gasteiger partial charge in [0.15, 0.2) is 0 Å². The van der Waals surface area contributed by atoms with Crippen LogP contribution in [0.4, 0.5) is 0 Å². The molecule has 0 fully saturated rings. The van der Waals surface area contributed by atoms with Crippen molar-refractivity contribution < 1.29 is 0 Å². The van der Waals surface area contributed by atoms with Gasteiger partial charge in [-0.15, -0.1) is 10.2 Å². The molecule has 5 nitrogen and oxygen atoms in total. The fourth-order valence-electron chi connectivity index (χ4n) is 1.68. The van der Waals surface area contributed by atoms with Gasteiger partial charge in [-0.2, -0.15) is 5.10 Å². The van der Waals surface area contributed by atoms with Crippen LogP contribution in [0, 0.1) is 19.8 Å². The highest BCUT2D eigenvalue weighted by molar-refractivity contribution is 9.10. The van der Waals surface area contributed by atoms with Crippen LogP contribution in [-0.4, -0.2) is 26.5 Å². The minimum atomic E-state index is 0.638. The fourth-order valence-corrected chi connectivity index (χ4v) is 2.74. The van der Waals surface area contributed by atoms with Gasteiger partial charge in [0.25, 0.3) is 0 Å². The van der Waals surface area contributed by atoms with Crippen molar-refractivity contribution in [2.45, 2.75) is 34.2 Å². The normalized spacial score (nSPS) is 11.5. The van der Waals surface area contributed by atoms with Gasteiger partial charge in [0.05, 0.1) is 15.9 Å². The smallest absolute Gasteiger partial charge is 0.233 e. The number of aromatic nitrogens is 4. The lowest BCUT2D eigenvalue weighted by Gasteiger charge is -2.04. The van der Waals surface area contributed by atoms with Crippen molar-refractivity contribution in [2.75, 3.05) is 6.54 Å². The van der Waals surface area contributed by atoms with Crippen molar-refractivity contribution in [1.29, 1.82) is 0 Å². The fraction of sp³-hybridized carbons (Fsp3) is 0.583. The molecule has 104 valence electrons. The van der Waals surface area contributed by atoms with Crippen LogP contribution in [0.5, 0.6) is 0 Å². The van der Waals surface area contributed by atoms with Crippen LogP contribution in [0.1, 0.15) is 30.2 Å². The quantitative estimate of drug-likeness (QED) is 0.906. The molecule has 0 aliphatic carbocycles. The highest BCUT2D eigenvalue weighted by atomic mass is 79.9. The highest BCUT2D eigenvalue weighted by Gasteiger charge is 2.14. The summed E-state index contributed by atoms with van der Waals surface area (Å²) in [6, 6.07) is 0. The zero-order valence-electron chi connectivity index (χ0n) is 11.6. The number of nitrogens with zero attached hydrogens (tertiary/aromatic N) is 4. The van der Waals surface area contributed by atoms with Gasteiger partial charge >= 0.3 is 0 Å². The Kier molecular flexibility index (Phi) is 4.70. The maximum atomic E-state index is 4.46. The average Bonchev–Trinajstić information content (AvgIpc) is 2.90. The zero-order valence-corrected chi connectivity index (χ0v) is 14.0. The number of hydrogen-bond donors (Lipinski definition) is 1. The van der Waals surface area contributed by atoms with E-state index in [0.717, 1.165) is 39.1 Å². The second-order valence-corrected chi connectivity index (χ2v) is 6.73. The minimum absolute atomic E-state index is 0.638. The molecule has 1 N–H and O–H groups in total. The maximum Gasteiger partial charge on any atom is 0.233 e. The molecule has 0 atom stereocenters. The highest BCUT2D eigenvalue weighted by Crippen LogP contribution is 2.24. The lowest BCUT2D eigenvalue weighted by atomic mass is 10.2. The van der Waals surface area contributed by atoms with Gasteiger partial charge in [-0.05, 0) is 42.2 Å². The lowest BCUT2D eigenvalue weighted by Crippen LogP contribution is -2.18. The third kappa shape index (κ3) is 3.40. The van der Waals surface area contributed by atoms with Crippen LogP contribution in [0.25, 0.3) is 5.13 Å². The van der Waals surface area contributed by atoms with Gasteiger partial charge in [-0.3, -0.25) is 0 Å². The van der Waals surface area contributed by atoms with E-state index < -0.39 is 0 Å². The summed E-state index contributed by atoms with van der Waals surface area (Å²) in [6.07, 6.45) is 0. The standard InChI is InChI=1S/C12H18BrN5S/c1-7(2)5-14-6-10-15-16-12(19-10)18-9(4)11(13)8(3)17-18/h7,14H,5-6H2,1-4H3. The van der Waals surface area contributed by atoms with E-state index in [0.29, 0.717) is 5.92 Å². The summed E-state index contributed by atoms with van der Waals surface area (Å²) in [6.45, 7) is 10.1. The lowest BCUT2D eigenvalue weighted by molar-refractivity contribution is 0.550. The summed E-state index contributed by atoms with van der Waals surface area (Å²) in [4.78, 5) is 0. The van der Waals surface area contributed by atoms with Crippen molar-refractivity contribution in [3.05, 3.63) is 20.9 Å². The van der Waals surface area contributed by atoms with Crippen LogP contribution in [0.3, 0.4) is 0 Å². The summed E-state index contributed by atoms with van der Waals surface area (Å²) in [5, 5.41) is 18.0. The Balaban J connectivity index is 2.10. The topological polar surface area (TPSA) is 55.6 Å².